The number of carbonyl (C=O) groups excluding carboxylic acids is 2. The summed E-state index contributed by atoms with van der Waals surface area (Å²) >= 11 is 0. The van der Waals surface area contributed by atoms with Crippen LogP contribution in [-0.2, 0) is 16.0 Å². The summed E-state index contributed by atoms with van der Waals surface area (Å²) < 4.78 is 10.2. The van der Waals surface area contributed by atoms with Crippen LogP contribution in [0.3, 0.4) is 0 Å². The zero-order valence-corrected chi connectivity index (χ0v) is 12.1. The van der Waals surface area contributed by atoms with Gasteiger partial charge in [-0.15, -0.1) is 0 Å². The van der Waals surface area contributed by atoms with Crippen LogP contribution in [0.4, 0.5) is 4.79 Å². The van der Waals surface area contributed by atoms with Crippen molar-refractivity contribution < 1.29 is 19.1 Å². The molecule has 1 aromatic rings. The molecule has 1 aliphatic heterocycles. The van der Waals surface area contributed by atoms with Gasteiger partial charge in [0.2, 0.25) is 0 Å². The number of rotatable bonds is 5. The second-order valence-electron chi connectivity index (χ2n) is 4.75. The first kappa shape index (κ1) is 15.3. The van der Waals surface area contributed by atoms with Crippen molar-refractivity contribution >= 4 is 12.0 Å². The molecule has 0 spiro atoms. The largest absolute Gasteiger partial charge is 0.462 e. The molecule has 1 atom stereocenters. The Balaban J connectivity index is 1.77. The van der Waals surface area contributed by atoms with Crippen LogP contribution in [0.2, 0.25) is 0 Å². The first-order valence-electron chi connectivity index (χ1n) is 7.11. The smallest absolute Gasteiger partial charge is 0.338 e. The van der Waals surface area contributed by atoms with Gasteiger partial charge in [-0.2, -0.15) is 0 Å². The number of amides is 2. The summed E-state index contributed by atoms with van der Waals surface area (Å²) in [4.78, 5) is 23.2. The summed E-state index contributed by atoms with van der Waals surface area (Å²) in [6, 6.07) is 6.70. The molecule has 0 radical (unpaired) electrons. The van der Waals surface area contributed by atoms with Gasteiger partial charge in [-0.3, -0.25) is 0 Å². The van der Waals surface area contributed by atoms with Crippen molar-refractivity contribution in [3.05, 3.63) is 35.4 Å². The Morgan fingerprint density at radius 1 is 1.33 bits per heavy atom. The lowest BCUT2D eigenvalue weighted by Gasteiger charge is -2.13. The minimum Gasteiger partial charge on any atom is -0.462 e. The van der Waals surface area contributed by atoms with Crippen molar-refractivity contribution in [3.8, 4) is 0 Å². The quantitative estimate of drug-likeness (QED) is 0.811. The van der Waals surface area contributed by atoms with E-state index in [0.717, 1.165) is 18.4 Å². The molecule has 2 N–H and O–H groups in total. The van der Waals surface area contributed by atoms with E-state index in [1.807, 2.05) is 0 Å². The van der Waals surface area contributed by atoms with Gasteiger partial charge in [-0.25, -0.2) is 9.59 Å². The lowest BCUT2D eigenvalue weighted by molar-refractivity contribution is 0.0526. The SMILES string of the molecule is CCOC(=O)c1ccc(CNC(=O)NC2CCCO2)cc1. The fourth-order valence-electron chi connectivity index (χ4n) is 2.04. The maximum Gasteiger partial charge on any atom is 0.338 e. The molecular weight excluding hydrogens is 272 g/mol. The molecule has 1 aromatic carbocycles. The second-order valence-corrected chi connectivity index (χ2v) is 4.75. The number of urea groups is 1. The highest BCUT2D eigenvalue weighted by Gasteiger charge is 2.17. The maximum atomic E-state index is 11.7. The van der Waals surface area contributed by atoms with Gasteiger partial charge in [0, 0.05) is 13.2 Å². The van der Waals surface area contributed by atoms with Gasteiger partial charge in [0.1, 0.15) is 6.23 Å². The molecular formula is C15H20N2O4. The van der Waals surface area contributed by atoms with Crippen LogP contribution in [0, 0.1) is 0 Å². The second kappa shape index (κ2) is 7.64. The fourth-order valence-corrected chi connectivity index (χ4v) is 2.04. The maximum absolute atomic E-state index is 11.7. The fraction of sp³-hybridized carbons (Fsp3) is 0.467. The lowest BCUT2D eigenvalue weighted by atomic mass is 10.1. The predicted octanol–water partition coefficient (Wildman–Crippen LogP) is 1.80. The van der Waals surface area contributed by atoms with E-state index >= 15 is 0 Å². The van der Waals surface area contributed by atoms with Crippen molar-refractivity contribution in [2.45, 2.75) is 32.5 Å². The standard InChI is InChI=1S/C15H20N2O4/c1-2-20-14(18)12-7-5-11(6-8-12)10-16-15(19)17-13-4-3-9-21-13/h5-8,13H,2-4,9-10H2,1H3,(H2,16,17,19). The Morgan fingerprint density at radius 2 is 2.10 bits per heavy atom. The number of benzene rings is 1. The van der Waals surface area contributed by atoms with Crippen LogP contribution in [-0.4, -0.2) is 31.4 Å². The van der Waals surface area contributed by atoms with Gasteiger partial charge in [-0.05, 0) is 37.5 Å². The van der Waals surface area contributed by atoms with Gasteiger partial charge < -0.3 is 20.1 Å². The Kier molecular flexibility index (Phi) is 5.57. The molecule has 1 saturated heterocycles. The topological polar surface area (TPSA) is 76.7 Å². The average molecular weight is 292 g/mol. The molecule has 6 nitrogen and oxygen atoms in total. The molecule has 6 heteroatoms. The van der Waals surface area contributed by atoms with Gasteiger partial charge in [0.15, 0.2) is 0 Å². The predicted molar refractivity (Wildman–Crippen MR) is 76.7 cm³/mol. The van der Waals surface area contributed by atoms with Crippen LogP contribution in [0.15, 0.2) is 24.3 Å². The van der Waals surface area contributed by atoms with Crippen LogP contribution in [0.1, 0.15) is 35.7 Å². The monoisotopic (exact) mass is 292 g/mol. The van der Waals surface area contributed by atoms with E-state index in [0.29, 0.717) is 25.3 Å². The van der Waals surface area contributed by atoms with Crippen LogP contribution >= 0.6 is 0 Å². The molecule has 0 aliphatic carbocycles. The zero-order valence-electron chi connectivity index (χ0n) is 12.1. The highest BCUT2D eigenvalue weighted by Crippen LogP contribution is 2.09. The number of nitrogens with one attached hydrogen (secondary N) is 2. The first-order valence-corrected chi connectivity index (χ1v) is 7.11. The Labute approximate surface area is 123 Å². The van der Waals surface area contributed by atoms with Crippen molar-refractivity contribution in [3.63, 3.8) is 0 Å². The minimum atomic E-state index is -0.340. The molecule has 1 fully saturated rings. The van der Waals surface area contributed by atoms with E-state index in [1.165, 1.54) is 0 Å². The molecule has 1 heterocycles. The highest BCUT2D eigenvalue weighted by molar-refractivity contribution is 5.89. The minimum absolute atomic E-state index is 0.184. The van der Waals surface area contributed by atoms with E-state index in [9.17, 15) is 9.59 Å². The number of esters is 1. The van der Waals surface area contributed by atoms with Gasteiger partial charge in [0.25, 0.3) is 0 Å². The van der Waals surface area contributed by atoms with Crippen molar-refractivity contribution in [1.82, 2.24) is 10.6 Å². The third-order valence-corrected chi connectivity index (χ3v) is 3.14. The summed E-state index contributed by atoms with van der Waals surface area (Å²) in [7, 11) is 0. The summed E-state index contributed by atoms with van der Waals surface area (Å²) in [5, 5.41) is 5.50. The first-order chi connectivity index (χ1) is 10.2. The molecule has 0 aromatic heterocycles. The molecule has 0 saturated carbocycles. The van der Waals surface area contributed by atoms with Crippen molar-refractivity contribution in [1.29, 1.82) is 0 Å². The summed E-state index contributed by atoms with van der Waals surface area (Å²) in [6.45, 7) is 3.20. The Hall–Kier alpha value is -2.08. The number of hydrogen-bond acceptors (Lipinski definition) is 4. The Morgan fingerprint density at radius 3 is 2.71 bits per heavy atom. The summed E-state index contributed by atoms with van der Waals surface area (Å²) in [6.07, 6.45) is 1.64. The molecule has 1 unspecified atom stereocenters. The zero-order chi connectivity index (χ0) is 15.1. The third kappa shape index (κ3) is 4.75. The number of hydrogen-bond donors (Lipinski definition) is 2. The van der Waals surface area contributed by atoms with E-state index in [4.69, 9.17) is 9.47 Å². The molecule has 1 aliphatic rings. The summed E-state index contributed by atoms with van der Waals surface area (Å²) in [5.41, 5.74) is 1.41. The van der Waals surface area contributed by atoms with Crippen LogP contribution in [0.5, 0.6) is 0 Å². The van der Waals surface area contributed by atoms with E-state index in [2.05, 4.69) is 10.6 Å². The van der Waals surface area contributed by atoms with Crippen LogP contribution < -0.4 is 10.6 Å². The molecule has 21 heavy (non-hydrogen) atoms. The van der Waals surface area contributed by atoms with Gasteiger partial charge in [-0.1, -0.05) is 12.1 Å². The number of ether oxygens (including phenoxy) is 2. The lowest BCUT2D eigenvalue weighted by Crippen LogP contribution is -2.41. The van der Waals surface area contributed by atoms with Crippen LogP contribution in [0.25, 0.3) is 0 Å². The van der Waals surface area contributed by atoms with Gasteiger partial charge in [0.05, 0.1) is 12.2 Å². The van der Waals surface area contributed by atoms with Crippen molar-refractivity contribution in [2.24, 2.45) is 0 Å². The average Bonchev–Trinajstić information content (AvgIpc) is 2.99. The molecule has 2 amide bonds. The van der Waals surface area contributed by atoms with E-state index in [1.54, 1.807) is 31.2 Å². The van der Waals surface area contributed by atoms with Crippen molar-refractivity contribution in [2.75, 3.05) is 13.2 Å². The molecule has 0 bridgehead atoms. The highest BCUT2D eigenvalue weighted by atomic mass is 16.5. The number of carbonyl (C=O) groups is 2. The third-order valence-electron chi connectivity index (χ3n) is 3.14. The summed E-state index contributed by atoms with van der Waals surface area (Å²) in [5.74, 6) is -0.340. The molecule has 114 valence electrons. The Bertz CT molecular complexity index is 481. The normalized spacial score (nSPS) is 17.3. The van der Waals surface area contributed by atoms with E-state index < -0.39 is 0 Å². The van der Waals surface area contributed by atoms with Gasteiger partial charge >= 0.3 is 12.0 Å². The molecule has 2 rings (SSSR count). The van der Waals surface area contributed by atoms with E-state index in [-0.39, 0.29) is 18.2 Å².